The maximum absolute atomic E-state index is 13.6. The monoisotopic (exact) mass is 306 g/mol. The molecule has 1 aliphatic carbocycles. The summed E-state index contributed by atoms with van der Waals surface area (Å²) in [4.78, 5) is 25.8. The molecule has 1 aromatic carbocycles. The molecule has 0 bridgehead atoms. The van der Waals surface area contributed by atoms with Crippen LogP contribution in [0.3, 0.4) is 0 Å². The molecular weight excluding hydrogens is 291 g/mol. The zero-order valence-corrected chi connectivity index (χ0v) is 12.2. The van der Waals surface area contributed by atoms with Crippen molar-refractivity contribution in [1.29, 1.82) is 0 Å². The highest BCUT2D eigenvalue weighted by molar-refractivity contribution is 7.80. The van der Waals surface area contributed by atoms with Gasteiger partial charge in [0, 0.05) is 5.56 Å². The number of rotatable bonds is 3. The number of nitrogens with zero attached hydrogens (tertiary/aromatic N) is 1. The van der Waals surface area contributed by atoms with Crippen molar-refractivity contribution in [2.24, 2.45) is 17.6 Å². The molecule has 2 N–H and O–H groups in total. The lowest BCUT2D eigenvalue weighted by Gasteiger charge is -2.16. The molecule has 2 unspecified atom stereocenters. The van der Waals surface area contributed by atoms with Gasteiger partial charge in [-0.25, -0.2) is 4.39 Å². The lowest BCUT2D eigenvalue weighted by Crippen LogP contribution is -2.31. The largest absolute Gasteiger partial charge is 0.389 e. The zero-order valence-electron chi connectivity index (χ0n) is 11.3. The van der Waals surface area contributed by atoms with Crippen LogP contribution in [-0.2, 0) is 16.1 Å². The Bertz CT molecular complexity index is 625. The summed E-state index contributed by atoms with van der Waals surface area (Å²) in [6.07, 6.45) is 2.50. The normalized spacial score (nSPS) is 24.5. The Kier molecular flexibility index (Phi) is 3.49. The third-order valence-electron chi connectivity index (χ3n) is 4.32. The first kappa shape index (κ1) is 14.1. The van der Waals surface area contributed by atoms with Crippen molar-refractivity contribution in [3.8, 4) is 0 Å². The predicted octanol–water partition coefficient (Wildman–Crippen LogP) is 1.75. The number of carbonyl (C=O) groups is 2. The van der Waals surface area contributed by atoms with Gasteiger partial charge in [0.2, 0.25) is 11.8 Å². The Morgan fingerprint density at radius 2 is 1.90 bits per heavy atom. The molecule has 6 heteroatoms. The average Bonchev–Trinajstić information content (AvgIpc) is 3.00. The Morgan fingerprint density at radius 3 is 2.48 bits per heavy atom. The van der Waals surface area contributed by atoms with Crippen molar-refractivity contribution in [1.82, 2.24) is 4.90 Å². The van der Waals surface area contributed by atoms with Gasteiger partial charge in [0.15, 0.2) is 0 Å². The molecule has 4 nitrogen and oxygen atoms in total. The van der Waals surface area contributed by atoms with E-state index in [9.17, 15) is 14.0 Å². The quantitative estimate of drug-likeness (QED) is 0.682. The van der Waals surface area contributed by atoms with Crippen molar-refractivity contribution in [3.63, 3.8) is 0 Å². The van der Waals surface area contributed by atoms with Crippen LogP contribution in [0, 0.1) is 17.7 Å². The van der Waals surface area contributed by atoms with Crippen LogP contribution in [0.5, 0.6) is 0 Å². The number of benzene rings is 1. The lowest BCUT2D eigenvalue weighted by molar-refractivity contribution is -0.141. The second-order valence-electron chi connectivity index (χ2n) is 5.58. The molecule has 2 amide bonds. The van der Waals surface area contributed by atoms with Crippen LogP contribution in [0.25, 0.3) is 0 Å². The van der Waals surface area contributed by atoms with Gasteiger partial charge in [0.25, 0.3) is 0 Å². The molecule has 110 valence electrons. The lowest BCUT2D eigenvalue weighted by atomic mass is 10.00. The van der Waals surface area contributed by atoms with E-state index in [1.54, 1.807) is 6.07 Å². The minimum absolute atomic E-state index is 0.0368. The van der Waals surface area contributed by atoms with Gasteiger partial charge in [-0.05, 0) is 30.5 Å². The van der Waals surface area contributed by atoms with Gasteiger partial charge in [0.1, 0.15) is 10.8 Å². The first-order valence-electron chi connectivity index (χ1n) is 6.92. The van der Waals surface area contributed by atoms with Crippen LogP contribution >= 0.6 is 12.2 Å². The van der Waals surface area contributed by atoms with Crippen molar-refractivity contribution in [2.75, 3.05) is 0 Å². The summed E-state index contributed by atoms with van der Waals surface area (Å²) >= 11 is 4.79. The number of fused-ring (bicyclic) bond motifs is 1. The molecule has 1 saturated heterocycles. The van der Waals surface area contributed by atoms with E-state index in [0.29, 0.717) is 5.56 Å². The SMILES string of the molecule is NC(=S)c1cc(CN2C(=O)C3CCCC3C2=O)ccc1F. The van der Waals surface area contributed by atoms with E-state index in [-0.39, 0.29) is 40.7 Å². The van der Waals surface area contributed by atoms with Crippen molar-refractivity contribution < 1.29 is 14.0 Å². The second-order valence-corrected chi connectivity index (χ2v) is 6.02. The summed E-state index contributed by atoms with van der Waals surface area (Å²) in [5, 5.41) is 0. The van der Waals surface area contributed by atoms with E-state index in [2.05, 4.69) is 0 Å². The van der Waals surface area contributed by atoms with E-state index in [1.807, 2.05) is 0 Å². The van der Waals surface area contributed by atoms with Gasteiger partial charge in [0.05, 0.1) is 18.4 Å². The molecule has 2 atom stereocenters. The number of hydrogen-bond donors (Lipinski definition) is 1. The highest BCUT2D eigenvalue weighted by atomic mass is 32.1. The third-order valence-corrected chi connectivity index (χ3v) is 4.54. The molecule has 1 aliphatic heterocycles. The van der Waals surface area contributed by atoms with Crippen LogP contribution in [0.4, 0.5) is 4.39 Å². The fourth-order valence-electron chi connectivity index (χ4n) is 3.26. The van der Waals surface area contributed by atoms with E-state index >= 15 is 0 Å². The van der Waals surface area contributed by atoms with Crippen LogP contribution in [-0.4, -0.2) is 21.7 Å². The van der Waals surface area contributed by atoms with Crippen LogP contribution in [0.2, 0.25) is 0 Å². The standard InChI is InChI=1S/C15H15FN2O2S/c16-12-5-4-8(6-11(12)13(17)21)7-18-14(19)9-2-1-3-10(9)15(18)20/h4-6,9-10H,1-3,7H2,(H2,17,21). The molecule has 0 radical (unpaired) electrons. The van der Waals surface area contributed by atoms with E-state index in [1.165, 1.54) is 17.0 Å². The fourth-order valence-corrected chi connectivity index (χ4v) is 3.41. The van der Waals surface area contributed by atoms with E-state index in [0.717, 1.165) is 19.3 Å². The molecule has 3 rings (SSSR count). The second kappa shape index (κ2) is 5.18. The van der Waals surface area contributed by atoms with Gasteiger partial charge in [-0.3, -0.25) is 14.5 Å². The summed E-state index contributed by atoms with van der Waals surface area (Å²) in [6, 6.07) is 4.31. The first-order chi connectivity index (χ1) is 9.99. The van der Waals surface area contributed by atoms with Crippen LogP contribution < -0.4 is 5.73 Å². The van der Waals surface area contributed by atoms with Gasteiger partial charge < -0.3 is 5.73 Å². The maximum atomic E-state index is 13.6. The molecule has 1 heterocycles. The van der Waals surface area contributed by atoms with Gasteiger partial charge in [-0.15, -0.1) is 0 Å². The highest BCUT2D eigenvalue weighted by Crippen LogP contribution is 2.40. The van der Waals surface area contributed by atoms with Crippen molar-refractivity contribution in [2.45, 2.75) is 25.8 Å². The summed E-state index contributed by atoms with van der Waals surface area (Å²) < 4.78 is 13.6. The number of thiocarbonyl (C=S) groups is 1. The topological polar surface area (TPSA) is 63.4 Å². The summed E-state index contributed by atoms with van der Waals surface area (Å²) in [7, 11) is 0. The molecule has 2 fully saturated rings. The Labute approximate surface area is 127 Å². The molecule has 1 aromatic rings. The van der Waals surface area contributed by atoms with Crippen molar-refractivity contribution in [3.05, 3.63) is 35.1 Å². The number of imide groups is 1. The van der Waals surface area contributed by atoms with Gasteiger partial charge in [-0.2, -0.15) is 0 Å². The van der Waals surface area contributed by atoms with E-state index in [4.69, 9.17) is 18.0 Å². The number of likely N-dealkylation sites (tertiary alicyclic amines) is 1. The molecule has 0 aromatic heterocycles. The highest BCUT2D eigenvalue weighted by Gasteiger charge is 2.49. The van der Waals surface area contributed by atoms with E-state index < -0.39 is 5.82 Å². The average molecular weight is 306 g/mol. The minimum atomic E-state index is -0.498. The van der Waals surface area contributed by atoms with Gasteiger partial charge in [-0.1, -0.05) is 24.7 Å². The zero-order chi connectivity index (χ0) is 15.1. The molecule has 2 aliphatic rings. The summed E-state index contributed by atoms with van der Waals surface area (Å²) in [5.41, 5.74) is 6.26. The maximum Gasteiger partial charge on any atom is 0.233 e. The number of hydrogen-bond acceptors (Lipinski definition) is 3. The number of nitrogens with two attached hydrogens (primary N) is 1. The molecule has 21 heavy (non-hydrogen) atoms. The molecule has 0 spiro atoms. The summed E-state index contributed by atoms with van der Waals surface area (Å²) in [5.74, 6) is -1.03. The third kappa shape index (κ3) is 2.33. The van der Waals surface area contributed by atoms with Crippen molar-refractivity contribution >= 4 is 29.0 Å². The smallest absolute Gasteiger partial charge is 0.233 e. The molecular formula is C15H15FN2O2S. The molecule has 1 saturated carbocycles. The van der Waals surface area contributed by atoms with Gasteiger partial charge >= 0.3 is 0 Å². The Balaban J connectivity index is 1.84. The number of amides is 2. The number of carbonyl (C=O) groups excluding carboxylic acids is 2. The van der Waals surface area contributed by atoms with Crippen LogP contribution in [0.15, 0.2) is 18.2 Å². The van der Waals surface area contributed by atoms with Crippen LogP contribution in [0.1, 0.15) is 30.4 Å². The minimum Gasteiger partial charge on any atom is -0.389 e. The fraction of sp³-hybridized carbons (Fsp3) is 0.400. The Morgan fingerprint density at radius 1 is 1.29 bits per heavy atom. The first-order valence-corrected chi connectivity index (χ1v) is 7.33. The number of halogens is 1. The predicted molar refractivity (Wildman–Crippen MR) is 78.7 cm³/mol. The Hall–Kier alpha value is -1.82. The summed E-state index contributed by atoms with van der Waals surface area (Å²) in [6.45, 7) is 0.153.